The van der Waals surface area contributed by atoms with Crippen LogP contribution >= 0.6 is 0 Å². The highest BCUT2D eigenvalue weighted by molar-refractivity contribution is 7.89. The van der Waals surface area contributed by atoms with E-state index in [1.54, 1.807) is 42.5 Å². The second-order valence-corrected chi connectivity index (χ2v) is 8.95. The number of fused-ring (bicyclic) bond motifs is 3. The average Bonchev–Trinajstić information content (AvgIpc) is 3.33. The number of aryl methyl sites for hydroxylation is 1. The van der Waals surface area contributed by atoms with Gasteiger partial charge in [0.25, 0.3) is 0 Å². The van der Waals surface area contributed by atoms with E-state index in [1.807, 2.05) is 20.8 Å². The highest BCUT2D eigenvalue weighted by Gasteiger charge is 2.66. The zero-order valence-electron chi connectivity index (χ0n) is 14.2. The topological polar surface area (TPSA) is 70.2 Å². The maximum atomic E-state index is 13.1. The van der Waals surface area contributed by atoms with Crippen molar-refractivity contribution >= 4 is 10.0 Å². The molecule has 4 rings (SSSR count). The molecule has 5 nitrogen and oxygen atoms in total. The Balaban J connectivity index is 1.81. The fraction of sp³-hybridized carbons (Fsp3) is 0.316. The number of rotatable bonds is 2. The van der Waals surface area contributed by atoms with E-state index in [4.69, 9.17) is 10.00 Å². The summed E-state index contributed by atoms with van der Waals surface area (Å²) >= 11 is 0. The van der Waals surface area contributed by atoms with Crippen LogP contribution in [0.2, 0.25) is 0 Å². The monoisotopic (exact) mass is 354 g/mol. The van der Waals surface area contributed by atoms with Crippen LogP contribution in [0, 0.1) is 18.3 Å². The predicted octanol–water partition coefficient (Wildman–Crippen LogP) is 3.15. The van der Waals surface area contributed by atoms with Crippen LogP contribution in [0.3, 0.4) is 0 Å². The van der Waals surface area contributed by atoms with E-state index < -0.39 is 15.6 Å². The number of hydrogen-bond acceptors (Lipinski definition) is 4. The van der Waals surface area contributed by atoms with Gasteiger partial charge in [0, 0.05) is 5.56 Å². The normalized spacial score (nSPS) is 25.9. The molecule has 2 aliphatic heterocycles. The van der Waals surface area contributed by atoms with Crippen LogP contribution in [0.1, 0.15) is 36.6 Å². The summed E-state index contributed by atoms with van der Waals surface area (Å²) in [6.45, 7) is 5.72. The van der Waals surface area contributed by atoms with E-state index >= 15 is 0 Å². The highest BCUT2D eigenvalue weighted by Crippen LogP contribution is 2.58. The molecule has 0 saturated carbocycles. The quantitative estimate of drug-likeness (QED) is 0.777. The van der Waals surface area contributed by atoms with Gasteiger partial charge in [-0.15, -0.1) is 0 Å². The van der Waals surface area contributed by atoms with Crippen molar-refractivity contribution in [3.8, 4) is 11.8 Å². The molecule has 0 bridgehead atoms. The summed E-state index contributed by atoms with van der Waals surface area (Å²) in [7, 11) is -3.63. The summed E-state index contributed by atoms with van der Waals surface area (Å²) in [5.74, 6) is 0.645. The number of ether oxygens (including phenoxy) is 1. The molecular weight excluding hydrogens is 336 g/mol. The van der Waals surface area contributed by atoms with Crippen LogP contribution in [-0.2, 0) is 10.0 Å². The third-order valence-electron chi connectivity index (χ3n) is 4.90. The van der Waals surface area contributed by atoms with Crippen molar-refractivity contribution in [2.24, 2.45) is 0 Å². The van der Waals surface area contributed by atoms with E-state index in [9.17, 15) is 8.42 Å². The molecule has 0 aliphatic carbocycles. The molecule has 0 amide bonds. The van der Waals surface area contributed by atoms with Gasteiger partial charge in [-0.05, 0) is 51.1 Å². The van der Waals surface area contributed by atoms with Gasteiger partial charge < -0.3 is 4.74 Å². The van der Waals surface area contributed by atoms with E-state index in [0.717, 1.165) is 11.1 Å². The fourth-order valence-electron chi connectivity index (χ4n) is 3.62. The van der Waals surface area contributed by atoms with Gasteiger partial charge in [0.2, 0.25) is 10.0 Å². The molecule has 25 heavy (non-hydrogen) atoms. The van der Waals surface area contributed by atoms with E-state index in [-0.39, 0.29) is 17.0 Å². The number of benzene rings is 2. The first-order valence-corrected chi connectivity index (χ1v) is 9.53. The van der Waals surface area contributed by atoms with Gasteiger partial charge in [-0.25, -0.2) is 8.42 Å². The molecule has 0 radical (unpaired) electrons. The van der Waals surface area contributed by atoms with E-state index in [1.165, 1.54) is 4.31 Å². The summed E-state index contributed by atoms with van der Waals surface area (Å²) in [5.41, 5.74) is 1.64. The smallest absolute Gasteiger partial charge is 0.244 e. The first-order chi connectivity index (χ1) is 11.8. The summed E-state index contributed by atoms with van der Waals surface area (Å²) in [6.07, 6.45) is 0. The third kappa shape index (κ3) is 2.35. The fourth-order valence-corrected chi connectivity index (χ4v) is 5.49. The SMILES string of the molecule is Cc1ccc(S(=O)(=O)N2[C@@H]3c4cc(C#N)ccc4OC(C)(C)[C@H]32)cc1. The summed E-state index contributed by atoms with van der Waals surface area (Å²) < 4.78 is 33.8. The average molecular weight is 354 g/mol. The van der Waals surface area contributed by atoms with Gasteiger partial charge in [0.1, 0.15) is 11.4 Å². The molecule has 2 heterocycles. The van der Waals surface area contributed by atoms with Crippen LogP contribution in [0.15, 0.2) is 47.4 Å². The van der Waals surface area contributed by atoms with Crippen molar-refractivity contribution in [1.29, 1.82) is 5.26 Å². The maximum Gasteiger partial charge on any atom is 0.244 e. The number of nitriles is 1. The molecule has 6 heteroatoms. The van der Waals surface area contributed by atoms with Crippen molar-refractivity contribution in [2.75, 3.05) is 0 Å². The van der Waals surface area contributed by atoms with Crippen LogP contribution in [-0.4, -0.2) is 24.4 Å². The Morgan fingerprint density at radius 3 is 2.48 bits per heavy atom. The molecule has 3 atom stereocenters. The largest absolute Gasteiger partial charge is 0.486 e. The van der Waals surface area contributed by atoms with Crippen molar-refractivity contribution < 1.29 is 13.2 Å². The van der Waals surface area contributed by atoms with Gasteiger partial charge in [-0.3, -0.25) is 0 Å². The minimum atomic E-state index is -3.63. The Morgan fingerprint density at radius 2 is 1.84 bits per heavy atom. The second-order valence-electron chi connectivity index (χ2n) is 7.11. The molecule has 0 spiro atoms. The molecule has 2 aromatic carbocycles. The minimum absolute atomic E-state index is 0.278. The Kier molecular flexibility index (Phi) is 3.27. The molecule has 1 fully saturated rings. The molecule has 128 valence electrons. The minimum Gasteiger partial charge on any atom is -0.486 e. The van der Waals surface area contributed by atoms with Gasteiger partial charge in [-0.2, -0.15) is 9.57 Å². The van der Waals surface area contributed by atoms with Gasteiger partial charge in [0.15, 0.2) is 0 Å². The number of nitrogens with zero attached hydrogens (tertiary/aromatic N) is 2. The molecule has 1 unspecified atom stereocenters. The summed E-state index contributed by atoms with van der Waals surface area (Å²) in [5, 5.41) is 9.15. The third-order valence-corrected chi connectivity index (χ3v) is 6.77. The Labute approximate surface area is 147 Å². The lowest BCUT2D eigenvalue weighted by Crippen LogP contribution is -2.39. The lowest BCUT2D eigenvalue weighted by atomic mass is 9.93. The summed E-state index contributed by atoms with van der Waals surface area (Å²) in [4.78, 5) is 0.279. The first-order valence-electron chi connectivity index (χ1n) is 8.09. The van der Waals surface area contributed by atoms with Crippen molar-refractivity contribution in [1.82, 2.24) is 4.31 Å². The summed E-state index contributed by atoms with van der Waals surface area (Å²) in [6, 6.07) is 13.6. The standard InChI is InChI=1S/C19H18N2O3S/c1-12-4-7-14(8-5-12)25(22,23)21-17-15-10-13(11-20)6-9-16(15)24-19(2,3)18(17)21/h4-10,17-18H,1-3H3/t17-,18+,21?/m1/s1. The number of hydrogen-bond donors (Lipinski definition) is 0. The van der Waals surface area contributed by atoms with Crippen molar-refractivity contribution in [2.45, 2.75) is 43.4 Å². The molecule has 0 aromatic heterocycles. The van der Waals surface area contributed by atoms with Crippen molar-refractivity contribution in [3.05, 3.63) is 59.2 Å². The number of sulfonamides is 1. The molecule has 0 N–H and O–H groups in total. The molecule has 1 saturated heterocycles. The van der Waals surface area contributed by atoms with Gasteiger partial charge in [-0.1, -0.05) is 17.7 Å². The first kappa shape index (κ1) is 16.1. The Bertz CT molecular complexity index is 1000. The van der Waals surface area contributed by atoms with Crippen LogP contribution in [0.25, 0.3) is 0 Å². The second kappa shape index (κ2) is 5.07. The van der Waals surface area contributed by atoms with Crippen molar-refractivity contribution in [3.63, 3.8) is 0 Å². The van der Waals surface area contributed by atoms with E-state index in [2.05, 4.69) is 6.07 Å². The predicted molar refractivity (Wildman–Crippen MR) is 92.6 cm³/mol. The Hall–Kier alpha value is -2.36. The zero-order valence-corrected chi connectivity index (χ0v) is 15.0. The van der Waals surface area contributed by atoms with Crippen LogP contribution < -0.4 is 4.74 Å². The highest BCUT2D eigenvalue weighted by atomic mass is 32.2. The molecule has 2 aliphatic rings. The van der Waals surface area contributed by atoms with Gasteiger partial charge in [0.05, 0.1) is 28.6 Å². The lowest BCUT2D eigenvalue weighted by molar-refractivity contribution is 0.0903. The maximum absolute atomic E-state index is 13.1. The zero-order chi connectivity index (χ0) is 18.0. The Morgan fingerprint density at radius 1 is 1.16 bits per heavy atom. The molecule has 2 aromatic rings. The van der Waals surface area contributed by atoms with Gasteiger partial charge >= 0.3 is 0 Å². The lowest BCUT2D eigenvalue weighted by Gasteiger charge is -2.30. The van der Waals surface area contributed by atoms with Crippen LogP contribution in [0.5, 0.6) is 5.75 Å². The van der Waals surface area contributed by atoms with E-state index in [0.29, 0.717) is 11.3 Å². The van der Waals surface area contributed by atoms with Crippen LogP contribution in [0.4, 0.5) is 0 Å². The molecular formula is C19H18N2O3S.